The molecule has 0 aromatic heterocycles. The summed E-state index contributed by atoms with van der Waals surface area (Å²) < 4.78 is 1.65. The SMILES string of the molecule is NC(CS[Se]c1ccccc1C(=O)NCCNC(=O)c1ccccc1[Se]SCC(N)C(=O)O)C(=O)O. The van der Waals surface area contributed by atoms with Gasteiger partial charge in [0.1, 0.15) is 0 Å². The summed E-state index contributed by atoms with van der Waals surface area (Å²) in [6.07, 6.45) is 0. The second-order valence-electron chi connectivity index (χ2n) is 7.13. The first-order valence-electron chi connectivity index (χ1n) is 10.5. The Morgan fingerprint density at radius 1 is 0.722 bits per heavy atom. The third-order valence-corrected chi connectivity index (χ3v) is 12.9. The van der Waals surface area contributed by atoms with Crippen molar-refractivity contribution in [3.63, 3.8) is 0 Å². The van der Waals surface area contributed by atoms with Gasteiger partial charge in [0.2, 0.25) is 0 Å². The molecular weight excluding hydrogens is 638 g/mol. The molecule has 0 aliphatic carbocycles. The normalized spacial score (nSPS) is 12.4. The molecule has 2 amide bonds. The van der Waals surface area contributed by atoms with Crippen molar-refractivity contribution in [3.05, 3.63) is 59.7 Å². The second kappa shape index (κ2) is 16.0. The van der Waals surface area contributed by atoms with E-state index in [9.17, 15) is 19.2 Å². The van der Waals surface area contributed by atoms with Crippen LogP contribution in [0.25, 0.3) is 0 Å². The number of rotatable bonds is 15. The van der Waals surface area contributed by atoms with E-state index in [-0.39, 0.29) is 64.1 Å². The van der Waals surface area contributed by atoms with Gasteiger partial charge in [-0.25, -0.2) is 0 Å². The molecule has 2 unspecified atom stereocenters. The van der Waals surface area contributed by atoms with Gasteiger partial charge in [0.25, 0.3) is 0 Å². The van der Waals surface area contributed by atoms with Crippen LogP contribution >= 0.6 is 20.4 Å². The minimum absolute atomic E-state index is 0.187. The van der Waals surface area contributed by atoms with Crippen molar-refractivity contribution in [2.45, 2.75) is 12.1 Å². The van der Waals surface area contributed by atoms with Crippen LogP contribution in [-0.4, -0.2) is 98.3 Å². The molecule has 0 bridgehead atoms. The first-order chi connectivity index (χ1) is 17.2. The Morgan fingerprint density at radius 2 is 1.08 bits per heavy atom. The number of carbonyl (C=O) groups excluding carboxylic acids is 2. The molecule has 0 fully saturated rings. The Kier molecular flexibility index (Phi) is 13.4. The first kappa shape index (κ1) is 30.2. The molecule has 8 N–H and O–H groups in total. The van der Waals surface area contributed by atoms with Crippen molar-refractivity contribution < 1.29 is 29.4 Å². The van der Waals surface area contributed by atoms with Gasteiger partial charge in [0.05, 0.1) is 0 Å². The number of amides is 2. The zero-order chi connectivity index (χ0) is 26.5. The maximum atomic E-state index is 12.7. The summed E-state index contributed by atoms with van der Waals surface area (Å²) in [5.74, 6) is -2.16. The van der Waals surface area contributed by atoms with Gasteiger partial charge in [-0.15, -0.1) is 0 Å². The Hall–Kier alpha value is -2.02. The number of carboxylic acids is 2. The third kappa shape index (κ3) is 10.2. The van der Waals surface area contributed by atoms with E-state index in [1.165, 1.54) is 20.4 Å². The fourth-order valence-corrected chi connectivity index (χ4v) is 10.9. The number of carbonyl (C=O) groups is 4. The number of hydrogen-bond acceptors (Lipinski definition) is 8. The maximum absolute atomic E-state index is 12.7. The molecule has 10 nitrogen and oxygen atoms in total. The predicted molar refractivity (Wildman–Crippen MR) is 144 cm³/mol. The molecule has 36 heavy (non-hydrogen) atoms. The van der Waals surface area contributed by atoms with Gasteiger partial charge < -0.3 is 0 Å². The van der Waals surface area contributed by atoms with E-state index in [0.29, 0.717) is 11.1 Å². The van der Waals surface area contributed by atoms with E-state index in [0.717, 1.165) is 8.92 Å². The predicted octanol–water partition coefficient (Wildman–Crippen LogP) is -1.37. The summed E-state index contributed by atoms with van der Waals surface area (Å²) in [4.78, 5) is 47.1. The van der Waals surface area contributed by atoms with Crippen LogP contribution in [0, 0.1) is 0 Å². The standard InChI is InChI=1S/C22H26N4O6S2Se2/c23-15(21(29)30)11-33-35-17-7-3-1-5-13(17)19(27)25-9-10-26-20(28)14-6-2-4-8-18(14)36-34-12-16(24)22(31)32/h1-8,15-16H,9-12,23-24H2,(H,25,27)(H,26,28)(H,29,30)(H,31,32). The Bertz CT molecular complexity index is 995. The van der Waals surface area contributed by atoms with E-state index >= 15 is 0 Å². The van der Waals surface area contributed by atoms with Crippen LogP contribution in [0.2, 0.25) is 0 Å². The summed E-state index contributed by atoms with van der Waals surface area (Å²) in [5, 5.41) is 23.4. The first-order valence-corrected chi connectivity index (χ1v) is 18.2. The van der Waals surface area contributed by atoms with Crippen LogP contribution in [0.4, 0.5) is 0 Å². The van der Waals surface area contributed by atoms with Crippen LogP contribution in [0.15, 0.2) is 48.5 Å². The van der Waals surface area contributed by atoms with Crippen molar-refractivity contribution >= 4 is 80.7 Å². The Labute approximate surface area is 227 Å². The van der Waals surface area contributed by atoms with E-state index in [4.69, 9.17) is 21.7 Å². The Morgan fingerprint density at radius 3 is 1.44 bits per heavy atom. The molecule has 2 rings (SSSR count). The molecular formula is C22H26N4O6S2Se2. The third-order valence-electron chi connectivity index (χ3n) is 4.39. The van der Waals surface area contributed by atoms with E-state index in [2.05, 4.69) is 10.6 Å². The molecule has 2 aromatic carbocycles. The van der Waals surface area contributed by atoms with Gasteiger partial charge in [-0.1, -0.05) is 0 Å². The molecule has 0 saturated carbocycles. The van der Waals surface area contributed by atoms with Crippen LogP contribution in [0.1, 0.15) is 20.7 Å². The number of hydrogen-bond donors (Lipinski definition) is 6. The van der Waals surface area contributed by atoms with Gasteiger partial charge in [-0.05, 0) is 0 Å². The summed E-state index contributed by atoms with van der Waals surface area (Å²) in [6.45, 7) is 0.441. The minimum atomic E-state index is -1.06. The fourth-order valence-electron chi connectivity index (χ4n) is 2.48. The average molecular weight is 665 g/mol. The quantitative estimate of drug-likeness (QED) is 0.0981. The van der Waals surface area contributed by atoms with Gasteiger partial charge in [-0.2, -0.15) is 0 Å². The zero-order valence-electron chi connectivity index (χ0n) is 18.9. The van der Waals surface area contributed by atoms with Crippen molar-refractivity contribution in [3.8, 4) is 0 Å². The summed E-state index contributed by atoms with van der Waals surface area (Å²) in [5.41, 5.74) is 12.1. The topological polar surface area (TPSA) is 185 Å². The van der Waals surface area contributed by atoms with Crippen LogP contribution in [0.5, 0.6) is 0 Å². The molecule has 0 radical (unpaired) electrons. The number of aliphatic carboxylic acids is 2. The van der Waals surface area contributed by atoms with Crippen molar-refractivity contribution in [1.82, 2.24) is 10.6 Å². The molecule has 14 heteroatoms. The molecule has 0 saturated heterocycles. The van der Waals surface area contributed by atoms with Gasteiger partial charge in [0.15, 0.2) is 0 Å². The van der Waals surface area contributed by atoms with Gasteiger partial charge in [-0.3, -0.25) is 0 Å². The number of benzene rings is 2. The van der Waals surface area contributed by atoms with E-state index < -0.39 is 24.0 Å². The zero-order valence-corrected chi connectivity index (χ0v) is 24.0. The molecule has 194 valence electrons. The van der Waals surface area contributed by atoms with Crippen molar-refractivity contribution in [2.24, 2.45) is 11.5 Å². The second-order valence-corrected chi connectivity index (χ2v) is 15.5. The molecule has 2 aromatic rings. The summed E-state index contributed by atoms with van der Waals surface area (Å²) in [6, 6.07) is 12.3. The molecule has 0 aliphatic rings. The summed E-state index contributed by atoms with van der Waals surface area (Å²) >= 11 is -0.375. The number of carboxylic acid groups (broad SMARTS) is 2. The van der Waals surface area contributed by atoms with Crippen LogP contribution < -0.4 is 31.0 Å². The fraction of sp³-hybridized carbons (Fsp3) is 0.273. The number of nitrogens with one attached hydrogen (secondary N) is 2. The Balaban J connectivity index is 1.83. The van der Waals surface area contributed by atoms with Crippen LogP contribution in [-0.2, 0) is 9.59 Å². The number of nitrogens with two attached hydrogens (primary N) is 2. The summed E-state index contributed by atoms with van der Waals surface area (Å²) in [7, 11) is 2.79. The van der Waals surface area contributed by atoms with Crippen molar-refractivity contribution in [2.75, 3.05) is 24.6 Å². The molecule has 0 heterocycles. The van der Waals surface area contributed by atoms with E-state index in [1.54, 1.807) is 24.3 Å². The monoisotopic (exact) mass is 666 g/mol. The molecule has 0 aliphatic heterocycles. The van der Waals surface area contributed by atoms with Crippen LogP contribution in [0.3, 0.4) is 0 Å². The molecule has 0 spiro atoms. The average Bonchev–Trinajstić information content (AvgIpc) is 2.86. The van der Waals surface area contributed by atoms with Gasteiger partial charge in [0, 0.05) is 0 Å². The van der Waals surface area contributed by atoms with E-state index in [1.807, 2.05) is 24.3 Å². The van der Waals surface area contributed by atoms with Gasteiger partial charge >= 0.3 is 229 Å². The van der Waals surface area contributed by atoms with Crippen molar-refractivity contribution in [1.29, 1.82) is 0 Å². The molecule has 2 atom stereocenters.